The fourth-order valence-corrected chi connectivity index (χ4v) is 3.43. The van der Waals surface area contributed by atoms with E-state index in [1.807, 2.05) is 13.8 Å². The van der Waals surface area contributed by atoms with E-state index in [-0.39, 0.29) is 12.5 Å². The van der Waals surface area contributed by atoms with E-state index >= 15 is 0 Å². The summed E-state index contributed by atoms with van der Waals surface area (Å²) in [6.07, 6.45) is 6.09. The van der Waals surface area contributed by atoms with Gasteiger partial charge in [0, 0.05) is 18.9 Å². The van der Waals surface area contributed by atoms with Gasteiger partial charge in [0.25, 0.3) is 0 Å². The van der Waals surface area contributed by atoms with Crippen LogP contribution in [0.25, 0.3) is 0 Å². The highest BCUT2D eigenvalue weighted by molar-refractivity contribution is 5.80. The lowest BCUT2D eigenvalue weighted by Gasteiger charge is -2.33. The van der Waals surface area contributed by atoms with Gasteiger partial charge in [-0.25, -0.2) is 0 Å². The first-order valence-electron chi connectivity index (χ1n) is 9.74. The maximum Gasteiger partial charge on any atom is 0.135 e. The molecule has 0 bridgehead atoms. The van der Waals surface area contributed by atoms with Crippen molar-refractivity contribution in [2.24, 2.45) is 17.8 Å². The van der Waals surface area contributed by atoms with Crippen molar-refractivity contribution >= 4 is 5.78 Å². The van der Waals surface area contributed by atoms with E-state index < -0.39 is 11.7 Å². The molecule has 4 heteroatoms. The summed E-state index contributed by atoms with van der Waals surface area (Å²) >= 11 is 0. The van der Waals surface area contributed by atoms with Gasteiger partial charge in [-0.15, -0.1) is 0 Å². The summed E-state index contributed by atoms with van der Waals surface area (Å²) in [5.41, 5.74) is -0.523. The lowest BCUT2D eigenvalue weighted by atomic mass is 9.86. The van der Waals surface area contributed by atoms with E-state index in [0.29, 0.717) is 30.6 Å². The van der Waals surface area contributed by atoms with Gasteiger partial charge in [0.2, 0.25) is 0 Å². The number of hydrogen-bond donors (Lipinski definition) is 2. The number of carbonyl (C=O) groups is 1. The minimum atomic E-state index is -0.523. The van der Waals surface area contributed by atoms with Gasteiger partial charge >= 0.3 is 0 Å². The van der Waals surface area contributed by atoms with Crippen molar-refractivity contribution in [1.29, 1.82) is 0 Å². The number of rotatable bonds is 10. The minimum Gasteiger partial charge on any atom is -0.396 e. The fraction of sp³-hybridized carbons (Fsp3) is 0.950. The van der Waals surface area contributed by atoms with Gasteiger partial charge in [-0.1, -0.05) is 20.8 Å². The molecule has 1 rings (SSSR count). The highest BCUT2D eigenvalue weighted by atomic mass is 16.5. The molecule has 0 amide bonds. The number of aliphatic hydroxyl groups is 2. The van der Waals surface area contributed by atoms with Gasteiger partial charge in [0.15, 0.2) is 0 Å². The van der Waals surface area contributed by atoms with Gasteiger partial charge in [-0.2, -0.15) is 0 Å². The monoisotopic (exact) mass is 342 g/mol. The molecule has 0 spiro atoms. The van der Waals surface area contributed by atoms with Crippen molar-refractivity contribution in [3.05, 3.63) is 0 Å². The van der Waals surface area contributed by atoms with Gasteiger partial charge in [0.05, 0.1) is 18.3 Å². The first kappa shape index (κ1) is 21.6. The van der Waals surface area contributed by atoms with Crippen LogP contribution < -0.4 is 0 Å². The molecule has 1 aliphatic heterocycles. The van der Waals surface area contributed by atoms with E-state index in [1.54, 1.807) is 0 Å². The van der Waals surface area contributed by atoms with Crippen LogP contribution in [0.5, 0.6) is 0 Å². The first-order chi connectivity index (χ1) is 11.3. The molecule has 1 heterocycles. The first-order valence-corrected chi connectivity index (χ1v) is 9.74. The molecule has 2 unspecified atom stereocenters. The molecule has 4 atom stereocenters. The van der Waals surface area contributed by atoms with Crippen LogP contribution in [0.2, 0.25) is 0 Å². The summed E-state index contributed by atoms with van der Waals surface area (Å²) in [6.45, 7) is 9.09. The molecule has 0 saturated carbocycles. The lowest BCUT2D eigenvalue weighted by molar-refractivity contribution is -0.124. The van der Waals surface area contributed by atoms with Crippen molar-refractivity contribution in [1.82, 2.24) is 0 Å². The zero-order valence-corrected chi connectivity index (χ0v) is 16.1. The highest BCUT2D eigenvalue weighted by Crippen LogP contribution is 2.32. The molecule has 1 aliphatic rings. The second-order valence-corrected chi connectivity index (χ2v) is 8.29. The summed E-state index contributed by atoms with van der Waals surface area (Å²) in [5, 5.41) is 19.5. The number of aliphatic hydroxyl groups excluding tert-OH is 2. The number of ketones is 1. The van der Waals surface area contributed by atoms with Crippen LogP contribution in [0, 0.1) is 17.8 Å². The Balaban J connectivity index is 2.40. The third-order valence-corrected chi connectivity index (χ3v) is 5.57. The van der Waals surface area contributed by atoms with E-state index in [0.717, 1.165) is 44.9 Å². The van der Waals surface area contributed by atoms with E-state index in [9.17, 15) is 9.90 Å². The topological polar surface area (TPSA) is 66.8 Å². The molecular formula is C20H38O4. The molecule has 142 valence electrons. The van der Waals surface area contributed by atoms with Crippen LogP contribution in [0.15, 0.2) is 0 Å². The molecule has 2 N–H and O–H groups in total. The Kier molecular flexibility index (Phi) is 9.47. The van der Waals surface area contributed by atoms with Crippen LogP contribution in [0.1, 0.15) is 79.1 Å². The Morgan fingerprint density at radius 3 is 2.58 bits per heavy atom. The van der Waals surface area contributed by atoms with E-state index in [1.165, 1.54) is 0 Å². The van der Waals surface area contributed by atoms with Gasteiger partial charge in [-0.05, 0) is 63.7 Å². The van der Waals surface area contributed by atoms with Crippen LogP contribution in [-0.2, 0) is 9.53 Å². The minimum absolute atomic E-state index is 0.0948. The molecule has 0 aromatic carbocycles. The average molecular weight is 343 g/mol. The highest BCUT2D eigenvalue weighted by Gasteiger charge is 2.37. The zero-order chi connectivity index (χ0) is 18.2. The summed E-state index contributed by atoms with van der Waals surface area (Å²) in [6, 6.07) is 0. The van der Waals surface area contributed by atoms with Crippen molar-refractivity contribution in [3.8, 4) is 0 Å². The number of ether oxygens (including phenoxy) is 1. The zero-order valence-electron chi connectivity index (χ0n) is 16.1. The summed E-state index contributed by atoms with van der Waals surface area (Å²) in [5.74, 6) is 1.36. The van der Waals surface area contributed by atoms with Gasteiger partial charge in [-0.3, -0.25) is 4.79 Å². The molecule has 0 aromatic rings. The van der Waals surface area contributed by atoms with Gasteiger partial charge < -0.3 is 14.9 Å². The van der Waals surface area contributed by atoms with E-state index in [2.05, 4.69) is 13.8 Å². The van der Waals surface area contributed by atoms with Crippen molar-refractivity contribution in [3.63, 3.8) is 0 Å². The Bertz CT molecular complexity index is 369. The van der Waals surface area contributed by atoms with Crippen LogP contribution in [-0.4, -0.2) is 40.9 Å². The molecule has 0 aromatic heterocycles. The lowest BCUT2D eigenvalue weighted by Crippen LogP contribution is -2.41. The molecular weight excluding hydrogens is 304 g/mol. The molecule has 0 radical (unpaired) electrons. The Hall–Kier alpha value is -0.450. The Morgan fingerprint density at radius 2 is 1.96 bits per heavy atom. The summed E-state index contributed by atoms with van der Waals surface area (Å²) < 4.78 is 6.04. The molecule has 0 aliphatic carbocycles. The maximum absolute atomic E-state index is 12.1. The SMILES string of the molecule is CC(C)CCC(=O)C(C)CCC[C@]1(C)OCC(CCO)CC[C@H]1O. The van der Waals surface area contributed by atoms with Crippen LogP contribution in [0.3, 0.4) is 0 Å². The second-order valence-electron chi connectivity index (χ2n) is 8.29. The van der Waals surface area contributed by atoms with Crippen LogP contribution in [0.4, 0.5) is 0 Å². The third kappa shape index (κ3) is 7.20. The standard InChI is InChI=1S/C20H38O4/c1-15(2)7-9-18(22)16(3)6-5-12-20(4)19(23)10-8-17(11-13-21)14-24-20/h15-17,19,21,23H,5-14H2,1-4H3/t16?,17?,19-,20+/m1/s1. The predicted molar refractivity (Wildman–Crippen MR) is 96.9 cm³/mol. The quantitative estimate of drug-likeness (QED) is 0.635. The summed E-state index contributed by atoms with van der Waals surface area (Å²) in [4.78, 5) is 12.1. The number of carbonyl (C=O) groups excluding carboxylic acids is 1. The van der Waals surface area contributed by atoms with Crippen molar-refractivity contribution in [2.45, 2.75) is 90.8 Å². The van der Waals surface area contributed by atoms with E-state index in [4.69, 9.17) is 9.84 Å². The second kappa shape index (κ2) is 10.5. The van der Waals surface area contributed by atoms with Crippen LogP contribution >= 0.6 is 0 Å². The average Bonchev–Trinajstić information content (AvgIpc) is 2.66. The molecule has 4 nitrogen and oxygen atoms in total. The fourth-order valence-electron chi connectivity index (χ4n) is 3.43. The normalized spacial score (nSPS) is 29.5. The maximum atomic E-state index is 12.1. The van der Waals surface area contributed by atoms with Crippen molar-refractivity contribution < 1.29 is 19.7 Å². The summed E-state index contributed by atoms with van der Waals surface area (Å²) in [7, 11) is 0. The number of Topliss-reactive ketones (excluding diaryl/α,β-unsaturated/α-hetero) is 1. The number of hydrogen-bond acceptors (Lipinski definition) is 4. The molecule has 1 fully saturated rings. The molecule has 1 saturated heterocycles. The largest absolute Gasteiger partial charge is 0.396 e. The van der Waals surface area contributed by atoms with Gasteiger partial charge in [0.1, 0.15) is 5.78 Å². The third-order valence-electron chi connectivity index (χ3n) is 5.57. The smallest absolute Gasteiger partial charge is 0.135 e. The van der Waals surface area contributed by atoms with Crippen molar-refractivity contribution in [2.75, 3.05) is 13.2 Å². The predicted octanol–water partition coefficient (Wildman–Crippen LogP) is 3.73. The molecule has 24 heavy (non-hydrogen) atoms. The Morgan fingerprint density at radius 1 is 1.25 bits per heavy atom. The Labute approximate surface area is 148 Å².